The van der Waals surface area contributed by atoms with Gasteiger partial charge in [-0.1, -0.05) is 84.9 Å². The van der Waals surface area contributed by atoms with Crippen molar-refractivity contribution in [3.05, 3.63) is 242 Å². The van der Waals surface area contributed by atoms with Gasteiger partial charge in [0.25, 0.3) is 11.8 Å². The van der Waals surface area contributed by atoms with Crippen LogP contribution in [0.15, 0.2) is 231 Å². The smallest absolute Gasteiger partial charge is 0.870 e. The molecule has 0 bridgehead atoms. The van der Waals surface area contributed by atoms with Gasteiger partial charge in [0.2, 0.25) is 0 Å². The number of halogens is 18. The summed E-state index contributed by atoms with van der Waals surface area (Å²) in [6, 6.07) is 61.9. The van der Waals surface area contributed by atoms with Gasteiger partial charge in [0.05, 0.1) is 81.3 Å². The van der Waals surface area contributed by atoms with Crippen LogP contribution in [0.25, 0.3) is 101 Å². The van der Waals surface area contributed by atoms with Crippen molar-refractivity contribution >= 4 is 74.9 Å². The van der Waals surface area contributed by atoms with Gasteiger partial charge >= 0.3 is 133 Å². The molecule has 0 spiro atoms. The van der Waals surface area contributed by atoms with E-state index < -0.39 is 23.4 Å². The number of pyridine rings is 8. The SMILES string of the molecule is CC(C)=O.CC(C)=O.CC(C)=O.CC(C)=O.CC(C)=O.F[P-](F)(F)(F)(F)F.F[P-](F)(F)(F)(F)F.F[P-](F)(F)(F)(F)F.O=C(NCCCCOc1ccccc1-c1cc(-c2ccccn2)nc(-c2ccccn2)c1)c1ccc(-c2nnc(-c3ccc(C(=O)NCCCCOc4ccccc4-c4cc(-c5ccccn5)nc(-c5ccccn5)c4)cn3)c3ccccc23)nc1.[Co+2].[Co+2].[OH-]. The number of aromatic nitrogens is 10. The third-order valence-electron chi connectivity index (χ3n) is 14.2. The van der Waals surface area contributed by atoms with Crippen LogP contribution in [-0.2, 0) is 57.5 Å². The van der Waals surface area contributed by atoms with E-state index in [9.17, 15) is 109 Å². The second kappa shape index (κ2) is 48.7. The number of fused-ring (bicyclic) bond motifs is 1. The molecule has 0 fully saturated rings. The van der Waals surface area contributed by atoms with E-state index in [1.54, 1.807) is 61.4 Å². The van der Waals surface area contributed by atoms with Crippen LogP contribution in [0.4, 0.5) is 75.5 Å². The maximum absolute atomic E-state index is 13.3. The van der Waals surface area contributed by atoms with E-state index in [0.717, 1.165) is 90.1 Å². The molecule has 0 aliphatic rings. The predicted molar refractivity (Wildman–Crippen MR) is 457 cm³/mol. The van der Waals surface area contributed by atoms with Crippen molar-refractivity contribution in [1.29, 1.82) is 0 Å². The van der Waals surface area contributed by atoms with Crippen LogP contribution in [-0.4, -0.2) is 123 Å². The molecule has 12 aromatic rings. The molecule has 22 nitrogen and oxygen atoms in total. The summed E-state index contributed by atoms with van der Waals surface area (Å²) in [7, 11) is -32.0. The van der Waals surface area contributed by atoms with Gasteiger partial charge in [-0.3, -0.25) is 39.5 Å². The van der Waals surface area contributed by atoms with Crippen molar-refractivity contribution in [3.63, 3.8) is 0 Å². The number of nitrogens with one attached hydrogen (secondary N) is 2. The number of amides is 2. The van der Waals surface area contributed by atoms with Gasteiger partial charge in [-0.05, 0) is 215 Å². The molecule has 130 heavy (non-hydrogen) atoms. The van der Waals surface area contributed by atoms with E-state index in [0.29, 0.717) is 85.9 Å². The molecule has 3 N–H and O–H groups in total. The number of Topliss-reactive ketones (excluding diaryl/α,β-unsaturated/α-hetero) is 5. The Balaban J connectivity index is 0.00000161. The molecule has 45 heteroatoms. The Hall–Kier alpha value is -11.9. The summed E-state index contributed by atoms with van der Waals surface area (Å²) in [6.07, 6.45) is 13.0. The van der Waals surface area contributed by atoms with Crippen LogP contribution in [0.1, 0.15) is 116 Å². The van der Waals surface area contributed by atoms with Gasteiger partial charge in [0, 0.05) is 72.2 Å². The average molecular weight is 1990 g/mol. The fourth-order valence-electron chi connectivity index (χ4n) is 9.86. The number of carbonyl (C=O) groups excluding carboxylic acids is 7. The van der Waals surface area contributed by atoms with E-state index in [1.165, 1.54) is 69.2 Å². The van der Waals surface area contributed by atoms with Crippen molar-refractivity contribution in [2.24, 2.45) is 0 Å². The molecule has 0 saturated heterocycles. The minimum Gasteiger partial charge on any atom is -0.870 e. The van der Waals surface area contributed by atoms with Crippen molar-refractivity contribution in [2.45, 2.75) is 94.9 Å². The molecule has 9 heterocycles. The van der Waals surface area contributed by atoms with E-state index in [1.807, 2.05) is 170 Å². The molecule has 2 amide bonds. The maximum atomic E-state index is 13.3. The van der Waals surface area contributed by atoms with Gasteiger partial charge in [0.1, 0.15) is 51.8 Å². The Kier molecular flexibility index (Phi) is 43.5. The Morgan fingerprint density at radius 2 is 0.538 bits per heavy atom. The Bertz CT molecular complexity index is 5130. The largest absolute Gasteiger partial charge is 2.00 e. The Labute approximate surface area is 755 Å². The minimum atomic E-state index is -10.7. The van der Waals surface area contributed by atoms with Crippen molar-refractivity contribution < 1.29 is 158 Å². The average Bonchev–Trinajstić information content (AvgIpc) is 0.742. The number of para-hydroxylation sites is 2. The molecule has 0 aliphatic carbocycles. The van der Waals surface area contributed by atoms with E-state index in [4.69, 9.17) is 19.4 Å². The van der Waals surface area contributed by atoms with Crippen molar-refractivity contribution in [3.8, 4) is 102 Å². The zero-order valence-corrected chi connectivity index (χ0v) is 75.3. The monoisotopic (exact) mass is 1990 g/mol. The summed E-state index contributed by atoms with van der Waals surface area (Å²) in [6.45, 7) is 17.1. The summed E-state index contributed by atoms with van der Waals surface area (Å²) >= 11 is 0. The molecule has 0 aliphatic heterocycles. The molecule has 0 saturated carbocycles. The molecule has 9 aromatic heterocycles. The summed E-state index contributed by atoms with van der Waals surface area (Å²) in [4.78, 5) is 111. The second-order valence-corrected chi connectivity index (χ2v) is 33.2. The zero-order valence-electron chi connectivity index (χ0n) is 70.5. The Morgan fingerprint density at radius 1 is 0.300 bits per heavy atom. The van der Waals surface area contributed by atoms with Crippen LogP contribution < -0.4 is 20.1 Å². The number of ketones is 5. The first-order chi connectivity index (χ1) is 58.5. The summed E-state index contributed by atoms with van der Waals surface area (Å²) in [5, 5.41) is 16.9. The van der Waals surface area contributed by atoms with Crippen LogP contribution >= 0.6 is 23.4 Å². The van der Waals surface area contributed by atoms with E-state index in [2.05, 4.69) is 50.7 Å². The summed E-state index contributed by atoms with van der Waals surface area (Å²) in [5.74, 6) is 1.86. The number of ether oxygens (including phenoxy) is 2. The molecular weight excluding hydrogens is 1900 g/mol. The fraction of sp³-hybridized carbons (Fsp3) is 0.212. The fourth-order valence-corrected chi connectivity index (χ4v) is 9.86. The molecule has 706 valence electrons. The van der Waals surface area contributed by atoms with Crippen LogP contribution in [0.3, 0.4) is 0 Å². The third-order valence-corrected chi connectivity index (χ3v) is 14.2. The topological polar surface area (TPSA) is 321 Å². The number of hydrogen-bond acceptors (Lipinski definition) is 20. The van der Waals surface area contributed by atoms with Crippen LogP contribution in [0.2, 0.25) is 0 Å². The minimum absolute atomic E-state index is 0. The maximum Gasteiger partial charge on any atom is 2.00 e. The zero-order chi connectivity index (χ0) is 95.4. The molecule has 2 radical (unpaired) electrons. The molecule has 12 rings (SSSR count). The van der Waals surface area contributed by atoms with Gasteiger partial charge in [0.15, 0.2) is 0 Å². The normalized spacial score (nSPS) is 12.0. The van der Waals surface area contributed by atoms with E-state index >= 15 is 0 Å². The quantitative estimate of drug-likeness (QED) is 0.0362. The van der Waals surface area contributed by atoms with Gasteiger partial charge < -0.3 is 49.6 Å². The van der Waals surface area contributed by atoms with Crippen molar-refractivity contribution in [2.75, 3.05) is 26.3 Å². The first kappa shape index (κ1) is 116. The first-order valence-electron chi connectivity index (χ1n) is 37.4. The van der Waals surface area contributed by atoms with Crippen LogP contribution in [0.5, 0.6) is 11.5 Å². The summed E-state index contributed by atoms with van der Waals surface area (Å²) in [5.41, 5.74) is 12.8. The third kappa shape index (κ3) is 54.4. The van der Waals surface area contributed by atoms with Gasteiger partial charge in [-0.15, -0.1) is 10.2 Å². The Morgan fingerprint density at radius 3 is 0.769 bits per heavy atom. The van der Waals surface area contributed by atoms with Crippen LogP contribution in [0, 0.1) is 0 Å². The van der Waals surface area contributed by atoms with E-state index in [-0.39, 0.29) is 79.8 Å². The number of rotatable bonds is 22. The second-order valence-electron chi connectivity index (χ2n) is 27.5. The standard InChI is InChI=1S/C70H56N12O4.5C3H6O.2Co.3F6P.H2O/c83-69(75-37-15-17-39-85-65-27-5-3-19-51(65)49-41-61(55-23-7-11-33-71-55)79-62(42-49)56-24-8-12-34-72-56)47-29-31-59(77-45-47)67-53-21-1-2-22-54(53)68(82-81-67)60-32-30-48(46-78-60)70(84)76-38-16-18-40-86-66-28-6-4-20-52(66)50-43-63(57-25-9-13-35-73-57)80-64(44-50)58-26-10-14-36-74-58;5*1-3(2)4;;;3*1-7(2,3,4,5)6;/h1-14,19-36,41-46H,15-18,37-40H2,(H,75,83)(H,76,84);5*1-2H3;;;;;;1H2/q;;;;;;2*+2;3*-1;/p-1. The van der Waals surface area contributed by atoms with Gasteiger partial charge in [-0.2, -0.15) is 0 Å². The first-order valence-corrected chi connectivity index (χ1v) is 43.5. The number of hydrogen-bond donors (Lipinski definition) is 2. The van der Waals surface area contributed by atoms with Crippen molar-refractivity contribution in [1.82, 2.24) is 60.7 Å². The molecule has 0 unspecified atom stereocenters. The molecular formula is C85H87Co2F18N12O10P3. The number of unbranched alkanes of at least 4 members (excludes halogenated alkanes) is 2. The van der Waals surface area contributed by atoms with Gasteiger partial charge in [-0.25, -0.2) is 9.97 Å². The number of carbonyl (C=O) groups is 7. The number of benzene rings is 3. The molecule has 3 aromatic carbocycles. The predicted octanol–water partition coefficient (Wildman–Crippen LogP) is 26.2. The summed E-state index contributed by atoms with van der Waals surface area (Å²) < 4.78 is 190. The molecule has 0 atom stereocenters. The number of nitrogens with zero attached hydrogens (tertiary/aromatic N) is 10.